The first-order valence-corrected chi connectivity index (χ1v) is 7.09. The maximum atomic E-state index is 12.8. The molecule has 0 saturated carbocycles. The first-order valence-electron chi connectivity index (χ1n) is 6.30. The van der Waals surface area contributed by atoms with Gasteiger partial charge in [-0.05, 0) is 22.0 Å². The van der Waals surface area contributed by atoms with Crippen molar-refractivity contribution in [2.75, 3.05) is 26.2 Å². The summed E-state index contributed by atoms with van der Waals surface area (Å²) >= 11 is 3.24. The molecule has 0 amide bonds. The Morgan fingerprint density at radius 3 is 2.63 bits per heavy atom. The number of rotatable bonds is 4. The predicted molar refractivity (Wildman–Crippen MR) is 73.6 cm³/mol. The molecule has 1 fully saturated rings. The molecule has 0 aliphatic carbocycles. The molecule has 1 aromatic carbocycles. The minimum absolute atomic E-state index is 0.0617. The fraction of sp³-hybridized carbons (Fsp3) is 0.538. The van der Waals surface area contributed by atoms with Crippen LogP contribution in [0.25, 0.3) is 0 Å². The number of hydrogen-bond donors (Lipinski definition) is 2. The number of benzene rings is 1. The minimum Gasteiger partial charge on any atom is -0.506 e. The summed E-state index contributed by atoms with van der Waals surface area (Å²) in [5, 5.41) is 13.3. The summed E-state index contributed by atoms with van der Waals surface area (Å²) in [5.41, 5.74) is 0.566. The fourth-order valence-electron chi connectivity index (χ4n) is 2.44. The van der Waals surface area contributed by atoms with Crippen LogP contribution in [0, 0.1) is 0 Å². The lowest BCUT2D eigenvalue weighted by Gasteiger charge is -2.35. The topological polar surface area (TPSA) is 35.5 Å². The monoisotopic (exact) mass is 334 g/mol. The van der Waals surface area contributed by atoms with Crippen LogP contribution in [0.15, 0.2) is 22.7 Å². The third-order valence-electron chi connectivity index (χ3n) is 3.37. The summed E-state index contributed by atoms with van der Waals surface area (Å²) < 4.78 is 26.2. The van der Waals surface area contributed by atoms with E-state index in [1.807, 2.05) is 4.90 Å². The smallest absolute Gasteiger partial charge is 0.240 e. The van der Waals surface area contributed by atoms with Crippen molar-refractivity contribution < 1.29 is 13.9 Å². The molecule has 1 heterocycles. The second kappa shape index (κ2) is 6.63. The molecule has 19 heavy (non-hydrogen) atoms. The Labute approximate surface area is 119 Å². The van der Waals surface area contributed by atoms with Crippen molar-refractivity contribution in [3.05, 3.63) is 28.2 Å². The van der Waals surface area contributed by atoms with Crippen LogP contribution in [0.3, 0.4) is 0 Å². The van der Waals surface area contributed by atoms with E-state index < -0.39 is 12.5 Å². The van der Waals surface area contributed by atoms with Gasteiger partial charge < -0.3 is 10.4 Å². The Balaban J connectivity index is 2.27. The van der Waals surface area contributed by atoms with Gasteiger partial charge in [-0.3, -0.25) is 4.90 Å². The molecule has 2 N–H and O–H groups in total. The molecule has 1 aliphatic heterocycles. The maximum absolute atomic E-state index is 12.8. The van der Waals surface area contributed by atoms with E-state index >= 15 is 0 Å². The molecule has 1 aliphatic rings. The van der Waals surface area contributed by atoms with E-state index in [0.717, 1.165) is 13.1 Å². The third-order valence-corrected chi connectivity index (χ3v) is 4.01. The molecule has 1 aromatic rings. The Morgan fingerprint density at radius 1 is 1.32 bits per heavy atom. The van der Waals surface area contributed by atoms with Crippen LogP contribution < -0.4 is 5.32 Å². The minimum atomic E-state index is -2.39. The third kappa shape index (κ3) is 3.64. The average molecular weight is 335 g/mol. The van der Waals surface area contributed by atoms with E-state index in [2.05, 4.69) is 21.2 Å². The molecule has 0 radical (unpaired) electrons. The van der Waals surface area contributed by atoms with Crippen molar-refractivity contribution in [1.82, 2.24) is 10.2 Å². The maximum Gasteiger partial charge on any atom is 0.240 e. The van der Waals surface area contributed by atoms with Crippen molar-refractivity contribution in [1.29, 1.82) is 0 Å². The average Bonchev–Trinajstić information content (AvgIpc) is 2.40. The van der Waals surface area contributed by atoms with Gasteiger partial charge in [-0.25, -0.2) is 8.78 Å². The van der Waals surface area contributed by atoms with Crippen LogP contribution in [0.4, 0.5) is 8.78 Å². The normalized spacial score (nSPS) is 18.7. The molecule has 3 nitrogen and oxygen atoms in total. The van der Waals surface area contributed by atoms with Gasteiger partial charge in [0.15, 0.2) is 0 Å². The van der Waals surface area contributed by atoms with Gasteiger partial charge in [0.2, 0.25) is 6.43 Å². The zero-order valence-electron chi connectivity index (χ0n) is 10.5. The van der Waals surface area contributed by atoms with Gasteiger partial charge in [-0.1, -0.05) is 12.1 Å². The van der Waals surface area contributed by atoms with Gasteiger partial charge in [0.1, 0.15) is 5.75 Å². The van der Waals surface area contributed by atoms with E-state index in [9.17, 15) is 13.9 Å². The zero-order chi connectivity index (χ0) is 13.8. The Hall–Kier alpha value is -0.720. The Morgan fingerprint density at radius 2 is 2.00 bits per heavy atom. The van der Waals surface area contributed by atoms with Crippen LogP contribution in [0.2, 0.25) is 0 Å². The number of phenolic OH excluding ortho intramolecular Hbond substituents is 1. The first kappa shape index (κ1) is 14.7. The standard InChI is InChI=1S/C13H17BrF2N2O/c14-10-3-1-2-9(13(10)19)11(8-12(15)16)18-6-4-17-5-7-18/h1-3,11-12,17,19H,4-8H2/t11-/m0/s1. The number of phenols is 1. The van der Waals surface area contributed by atoms with E-state index in [4.69, 9.17) is 0 Å². The second-order valence-corrected chi connectivity index (χ2v) is 5.46. The van der Waals surface area contributed by atoms with E-state index in [-0.39, 0.29) is 12.2 Å². The van der Waals surface area contributed by atoms with E-state index in [1.54, 1.807) is 18.2 Å². The second-order valence-electron chi connectivity index (χ2n) is 4.61. The number of piperazine rings is 1. The first-order chi connectivity index (χ1) is 9.09. The number of nitrogens with one attached hydrogen (secondary N) is 1. The number of para-hydroxylation sites is 1. The Bertz CT molecular complexity index is 425. The lowest BCUT2D eigenvalue weighted by Crippen LogP contribution is -2.45. The molecular weight excluding hydrogens is 318 g/mol. The zero-order valence-corrected chi connectivity index (χ0v) is 12.0. The summed E-state index contributed by atoms with van der Waals surface area (Å²) in [4.78, 5) is 2.00. The lowest BCUT2D eigenvalue weighted by molar-refractivity contribution is 0.0729. The van der Waals surface area contributed by atoms with Crippen LogP contribution in [0.1, 0.15) is 18.0 Å². The number of nitrogens with zero attached hydrogens (tertiary/aromatic N) is 1. The molecule has 6 heteroatoms. The highest BCUT2D eigenvalue weighted by Crippen LogP contribution is 2.37. The summed E-state index contributed by atoms with van der Waals surface area (Å²) in [5.74, 6) is 0.0617. The van der Waals surface area contributed by atoms with Gasteiger partial charge in [-0.15, -0.1) is 0 Å². The highest BCUT2D eigenvalue weighted by Gasteiger charge is 2.27. The van der Waals surface area contributed by atoms with Gasteiger partial charge in [0.25, 0.3) is 0 Å². The summed E-state index contributed by atoms with van der Waals surface area (Å²) in [6.45, 7) is 3.00. The number of aromatic hydroxyl groups is 1. The van der Waals surface area contributed by atoms with Crippen molar-refractivity contribution in [3.63, 3.8) is 0 Å². The Kier molecular flexibility index (Phi) is 5.13. The van der Waals surface area contributed by atoms with Crippen LogP contribution in [-0.2, 0) is 0 Å². The summed E-state index contributed by atoms with van der Waals surface area (Å²) in [6.07, 6.45) is -2.65. The van der Waals surface area contributed by atoms with Crippen molar-refractivity contribution in [2.45, 2.75) is 18.9 Å². The molecule has 0 bridgehead atoms. The highest BCUT2D eigenvalue weighted by atomic mass is 79.9. The van der Waals surface area contributed by atoms with Crippen LogP contribution in [0.5, 0.6) is 5.75 Å². The van der Waals surface area contributed by atoms with Crippen molar-refractivity contribution in [3.8, 4) is 5.75 Å². The quantitative estimate of drug-likeness (QED) is 0.888. The molecule has 0 aromatic heterocycles. The summed E-state index contributed by atoms with van der Waals surface area (Å²) in [6, 6.07) is 4.74. The number of hydrogen-bond acceptors (Lipinski definition) is 3. The molecule has 1 atom stereocenters. The predicted octanol–water partition coefficient (Wildman–Crippen LogP) is 2.76. The van der Waals surface area contributed by atoms with Crippen molar-refractivity contribution in [2.24, 2.45) is 0 Å². The SMILES string of the molecule is Oc1c(Br)cccc1[C@H](CC(F)F)N1CCNCC1. The van der Waals surface area contributed by atoms with Crippen LogP contribution in [-0.4, -0.2) is 42.6 Å². The largest absolute Gasteiger partial charge is 0.506 e. The highest BCUT2D eigenvalue weighted by molar-refractivity contribution is 9.10. The molecule has 0 spiro atoms. The molecule has 2 rings (SSSR count). The van der Waals surface area contributed by atoms with Crippen molar-refractivity contribution >= 4 is 15.9 Å². The number of halogens is 3. The molecular formula is C13H17BrF2N2O. The van der Waals surface area contributed by atoms with Gasteiger partial charge in [0, 0.05) is 44.2 Å². The molecule has 106 valence electrons. The summed E-state index contributed by atoms with van der Waals surface area (Å²) in [7, 11) is 0. The van der Waals surface area contributed by atoms with Crippen LogP contribution >= 0.6 is 15.9 Å². The number of alkyl halides is 2. The fourth-order valence-corrected chi connectivity index (χ4v) is 2.82. The van der Waals surface area contributed by atoms with Gasteiger partial charge in [0.05, 0.1) is 4.47 Å². The van der Waals surface area contributed by atoms with Gasteiger partial charge in [-0.2, -0.15) is 0 Å². The van der Waals surface area contributed by atoms with Gasteiger partial charge >= 0.3 is 0 Å². The lowest BCUT2D eigenvalue weighted by atomic mass is 10.0. The molecule has 0 unspecified atom stereocenters. The van der Waals surface area contributed by atoms with E-state index in [0.29, 0.717) is 23.1 Å². The molecule has 1 saturated heterocycles. The van der Waals surface area contributed by atoms with E-state index in [1.165, 1.54) is 0 Å².